The Hall–Kier alpha value is -2.58. The second kappa shape index (κ2) is 6.67. The van der Waals surface area contributed by atoms with E-state index in [4.69, 9.17) is 4.74 Å². The Balaban J connectivity index is 1.83. The quantitative estimate of drug-likeness (QED) is 0.777. The molecule has 0 saturated heterocycles. The number of carbonyl (C=O) groups is 1. The summed E-state index contributed by atoms with van der Waals surface area (Å²) in [4.78, 5) is 17.3. The molecule has 1 N–H and O–H groups in total. The van der Waals surface area contributed by atoms with Crippen molar-refractivity contribution in [1.29, 1.82) is 0 Å². The molecular weight excluding hydrogens is 314 g/mol. The second-order valence-corrected chi connectivity index (χ2v) is 5.85. The van der Waals surface area contributed by atoms with E-state index >= 15 is 0 Å². The number of ether oxygens (including phenoxy) is 1. The number of amides is 1. The van der Waals surface area contributed by atoms with E-state index < -0.39 is 0 Å². The van der Waals surface area contributed by atoms with Gasteiger partial charge in [-0.05, 0) is 19.1 Å². The van der Waals surface area contributed by atoms with Crippen LogP contribution in [0.1, 0.15) is 20.4 Å². The molecule has 0 fully saturated rings. The molecule has 7 nitrogen and oxygen atoms in total. The smallest absolute Gasteiger partial charge is 0.270 e. The van der Waals surface area contributed by atoms with Crippen molar-refractivity contribution in [3.05, 3.63) is 52.2 Å². The van der Waals surface area contributed by atoms with E-state index in [2.05, 4.69) is 20.5 Å². The number of hydrogen-bond donors (Lipinski definition) is 1. The molecule has 0 bridgehead atoms. The van der Waals surface area contributed by atoms with Gasteiger partial charge in [0.15, 0.2) is 0 Å². The molecule has 0 aliphatic rings. The summed E-state index contributed by atoms with van der Waals surface area (Å²) in [5.74, 6) is 0.106. The van der Waals surface area contributed by atoms with Crippen LogP contribution in [0.25, 0.3) is 5.69 Å². The zero-order chi connectivity index (χ0) is 16.2. The van der Waals surface area contributed by atoms with Gasteiger partial charge in [-0.15, -0.1) is 21.5 Å². The van der Waals surface area contributed by atoms with E-state index in [1.807, 2.05) is 30.3 Å². The number of nitrogens with one attached hydrogen (secondary N) is 1. The fourth-order valence-electron chi connectivity index (χ4n) is 2.10. The van der Waals surface area contributed by atoms with Crippen molar-refractivity contribution in [1.82, 2.24) is 19.7 Å². The summed E-state index contributed by atoms with van der Waals surface area (Å²) >= 11 is 1.31. The van der Waals surface area contributed by atoms with Gasteiger partial charge >= 0.3 is 0 Å². The minimum atomic E-state index is -0.257. The summed E-state index contributed by atoms with van der Waals surface area (Å²) in [7, 11) is 1.60. The maximum atomic E-state index is 12.5. The number of methoxy groups -OCH3 is 1. The molecule has 1 amide bonds. The average molecular weight is 329 g/mol. The van der Waals surface area contributed by atoms with Gasteiger partial charge in [-0.2, -0.15) is 0 Å². The Bertz CT molecular complexity index is 812. The first kappa shape index (κ1) is 15.3. The molecule has 0 atom stereocenters. The largest absolute Gasteiger partial charge is 0.378 e. The third-order valence-electron chi connectivity index (χ3n) is 3.12. The maximum Gasteiger partial charge on any atom is 0.270 e. The van der Waals surface area contributed by atoms with E-state index in [0.717, 1.165) is 10.7 Å². The molecular formula is C15H15N5O2S. The van der Waals surface area contributed by atoms with E-state index in [-0.39, 0.29) is 5.91 Å². The van der Waals surface area contributed by atoms with Crippen molar-refractivity contribution in [2.24, 2.45) is 0 Å². The van der Waals surface area contributed by atoms with Gasteiger partial charge in [-0.3, -0.25) is 14.7 Å². The number of anilines is 1. The number of aromatic nitrogens is 4. The predicted octanol–water partition coefficient (Wildman–Crippen LogP) is 2.43. The highest BCUT2D eigenvalue weighted by Crippen LogP contribution is 2.20. The molecule has 0 unspecified atom stereocenters. The minimum absolute atomic E-state index is 0.257. The summed E-state index contributed by atoms with van der Waals surface area (Å²) < 4.78 is 6.76. The Morgan fingerprint density at radius 3 is 2.87 bits per heavy atom. The normalized spacial score (nSPS) is 10.7. The number of benzene rings is 1. The molecule has 0 aliphatic carbocycles. The van der Waals surface area contributed by atoms with Gasteiger partial charge in [0.1, 0.15) is 16.2 Å². The molecule has 0 spiro atoms. The number of para-hydroxylation sites is 1. The lowest BCUT2D eigenvalue weighted by molar-refractivity contribution is 0.102. The molecule has 8 heteroatoms. The number of thiazole rings is 1. The number of aryl methyl sites for hydroxylation is 1. The Morgan fingerprint density at radius 2 is 2.13 bits per heavy atom. The zero-order valence-electron chi connectivity index (χ0n) is 12.7. The van der Waals surface area contributed by atoms with Crippen molar-refractivity contribution >= 4 is 23.2 Å². The summed E-state index contributed by atoms with van der Waals surface area (Å²) in [5, 5.41) is 11.4. The SMILES string of the molecule is COCc1nc(C)c(C(=O)Nc2nncn2-c2ccccc2)s1. The van der Waals surface area contributed by atoms with Crippen LogP contribution in [0, 0.1) is 6.92 Å². The molecule has 23 heavy (non-hydrogen) atoms. The molecule has 2 heterocycles. The van der Waals surface area contributed by atoms with Gasteiger partial charge in [-0.25, -0.2) is 4.98 Å². The third kappa shape index (κ3) is 3.27. The first-order valence-corrected chi connectivity index (χ1v) is 7.72. The van der Waals surface area contributed by atoms with Crippen LogP contribution >= 0.6 is 11.3 Å². The van der Waals surface area contributed by atoms with Gasteiger partial charge in [0.25, 0.3) is 5.91 Å². The lowest BCUT2D eigenvalue weighted by Gasteiger charge is -2.07. The molecule has 0 aliphatic heterocycles. The Labute approximate surface area is 137 Å². The van der Waals surface area contributed by atoms with Crippen LogP contribution in [-0.4, -0.2) is 32.8 Å². The first-order chi connectivity index (χ1) is 11.2. The van der Waals surface area contributed by atoms with Crippen molar-refractivity contribution in [3.8, 4) is 5.69 Å². The highest BCUT2D eigenvalue weighted by molar-refractivity contribution is 7.13. The van der Waals surface area contributed by atoms with E-state index in [1.165, 1.54) is 11.3 Å². The summed E-state index contributed by atoms with van der Waals surface area (Å²) in [6.07, 6.45) is 1.56. The van der Waals surface area contributed by atoms with Crippen molar-refractivity contribution in [2.75, 3.05) is 12.4 Å². The van der Waals surface area contributed by atoms with Gasteiger partial charge < -0.3 is 4.74 Å². The summed E-state index contributed by atoms with van der Waals surface area (Å²) in [6, 6.07) is 9.56. The molecule has 2 aromatic heterocycles. The van der Waals surface area contributed by atoms with Gasteiger partial charge in [-0.1, -0.05) is 18.2 Å². The number of nitrogens with zero attached hydrogens (tertiary/aromatic N) is 4. The Kier molecular flexibility index (Phi) is 4.45. The van der Waals surface area contributed by atoms with Crippen LogP contribution < -0.4 is 5.32 Å². The van der Waals surface area contributed by atoms with Crippen LogP contribution in [0.2, 0.25) is 0 Å². The van der Waals surface area contributed by atoms with Gasteiger partial charge in [0, 0.05) is 7.11 Å². The third-order valence-corrected chi connectivity index (χ3v) is 4.25. The van der Waals surface area contributed by atoms with Crippen molar-refractivity contribution in [3.63, 3.8) is 0 Å². The molecule has 3 rings (SSSR count). The standard InChI is InChI=1S/C15H15N5O2S/c1-10-13(23-12(17-10)8-22-2)14(21)18-15-19-16-9-20(15)11-6-4-3-5-7-11/h3-7,9H,8H2,1-2H3,(H,18,19,21). The lowest BCUT2D eigenvalue weighted by atomic mass is 10.3. The van der Waals surface area contributed by atoms with Crippen LogP contribution in [-0.2, 0) is 11.3 Å². The molecule has 1 aromatic carbocycles. The molecule has 0 saturated carbocycles. The van der Waals surface area contributed by atoms with E-state index in [1.54, 1.807) is 24.9 Å². The fourth-order valence-corrected chi connectivity index (χ4v) is 3.04. The van der Waals surface area contributed by atoms with Crippen molar-refractivity contribution < 1.29 is 9.53 Å². The predicted molar refractivity (Wildman–Crippen MR) is 86.9 cm³/mol. The van der Waals surface area contributed by atoms with Crippen LogP contribution in [0.15, 0.2) is 36.7 Å². The fraction of sp³-hybridized carbons (Fsp3) is 0.200. The summed E-state index contributed by atoms with van der Waals surface area (Å²) in [5.41, 5.74) is 1.54. The summed E-state index contributed by atoms with van der Waals surface area (Å²) in [6.45, 7) is 2.19. The van der Waals surface area contributed by atoms with Crippen LogP contribution in [0.3, 0.4) is 0 Å². The second-order valence-electron chi connectivity index (χ2n) is 4.77. The average Bonchev–Trinajstić information content (AvgIpc) is 3.15. The van der Waals surface area contributed by atoms with Crippen molar-refractivity contribution in [2.45, 2.75) is 13.5 Å². The molecule has 0 radical (unpaired) electrons. The van der Waals surface area contributed by atoms with Gasteiger partial charge in [0.2, 0.25) is 5.95 Å². The van der Waals surface area contributed by atoms with E-state index in [9.17, 15) is 4.79 Å². The maximum absolute atomic E-state index is 12.5. The van der Waals surface area contributed by atoms with Gasteiger partial charge in [0.05, 0.1) is 18.0 Å². The number of hydrogen-bond acceptors (Lipinski definition) is 6. The zero-order valence-corrected chi connectivity index (χ0v) is 13.5. The number of carbonyl (C=O) groups excluding carboxylic acids is 1. The monoisotopic (exact) mass is 329 g/mol. The first-order valence-electron chi connectivity index (χ1n) is 6.91. The molecule has 3 aromatic rings. The lowest BCUT2D eigenvalue weighted by Crippen LogP contribution is -2.15. The number of rotatable bonds is 5. The topological polar surface area (TPSA) is 81.9 Å². The highest BCUT2D eigenvalue weighted by Gasteiger charge is 2.18. The van der Waals surface area contributed by atoms with E-state index in [0.29, 0.717) is 23.1 Å². The van der Waals surface area contributed by atoms with Crippen LogP contribution in [0.5, 0.6) is 0 Å². The Morgan fingerprint density at radius 1 is 1.35 bits per heavy atom. The molecule has 118 valence electrons. The minimum Gasteiger partial charge on any atom is -0.378 e. The highest BCUT2D eigenvalue weighted by atomic mass is 32.1. The van der Waals surface area contributed by atoms with Crippen LogP contribution in [0.4, 0.5) is 5.95 Å².